The van der Waals surface area contributed by atoms with Crippen molar-refractivity contribution in [1.29, 1.82) is 0 Å². The fraction of sp³-hybridized carbons (Fsp3) is 0.579. The Morgan fingerprint density at radius 1 is 1.12 bits per heavy atom. The number of rotatable bonds is 4. The molecule has 142 valence electrons. The highest BCUT2D eigenvalue weighted by Gasteiger charge is 2.39. The van der Waals surface area contributed by atoms with Gasteiger partial charge in [0.2, 0.25) is 0 Å². The minimum atomic E-state index is -0.0373. The molecule has 7 nitrogen and oxygen atoms in total. The van der Waals surface area contributed by atoms with Crippen molar-refractivity contribution in [3.05, 3.63) is 24.3 Å². The molecule has 4 rings (SSSR count). The van der Waals surface area contributed by atoms with Gasteiger partial charge in [0.25, 0.3) is 5.91 Å². The zero-order valence-electron chi connectivity index (χ0n) is 15.7. The van der Waals surface area contributed by atoms with Gasteiger partial charge >= 0.3 is 6.03 Å². The second-order valence-electron chi connectivity index (χ2n) is 7.16. The third-order valence-electron chi connectivity index (χ3n) is 5.11. The summed E-state index contributed by atoms with van der Waals surface area (Å²) >= 11 is 0. The molecule has 0 radical (unpaired) electrons. The van der Waals surface area contributed by atoms with E-state index in [1.807, 2.05) is 21.9 Å². The number of carbonyl (C=O) groups is 2. The SMILES string of the molecule is COc1ccccc1OCC(=O)N1C[C@@H]2CC[C@H]1CN(C(=O)N(C)C)C2. The first kappa shape index (κ1) is 18.4. The van der Waals surface area contributed by atoms with E-state index in [4.69, 9.17) is 9.47 Å². The molecule has 2 bridgehead atoms. The zero-order valence-corrected chi connectivity index (χ0v) is 15.7. The van der Waals surface area contributed by atoms with E-state index < -0.39 is 0 Å². The van der Waals surface area contributed by atoms with Crippen LogP contribution in [-0.2, 0) is 4.79 Å². The maximum Gasteiger partial charge on any atom is 0.319 e. The van der Waals surface area contributed by atoms with Crippen LogP contribution >= 0.6 is 0 Å². The summed E-state index contributed by atoms with van der Waals surface area (Å²) in [6, 6.07) is 7.38. The molecule has 3 aliphatic heterocycles. The molecular weight excluding hydrogens is 334 g/mol. The van der Waals surface area contributed by atoms with Crippen LogP contribution in [0.2, 0.25) is 0 Å². The summed E-state index contributed by atoms with van der Waals surface area (Å²) in [5.74, 6) is 1.46. The van der Waals surface area contributed by atoms with Gasteiger partial charge in [0, 0.05) is 39.8 Å². The van der Waals surface area contributed by atoms with E-state index >= 15 is 0 Å². The van der Waals surface area contributed by atoms with Crippen LogP contribution in [0.15, 0.2) is 24.3 Å². The number of ether oxygens (including phenoxy) is 2. The molecule has 7 heteroatoms. The van der Waals surface area contributed by atoms with Crippen molar-refractivity contribution in [3.63, 3.8) is 0 Å². The number of methoxy groups -OCH3 is 1. The largest absolute Gasteiger partial charge is 0.493 e. The van der Waals surface area contributed by atoms with Crippen LogP contribution in [0.4, 0.5) is 4.79 Å². The fourth-order valence-electron chi connectivity index (χ4n) is 3.79. The van der Waals surface area contributed by atoms with Gasteiger partial charge in [0.15, 0.2) is 18.1 Å². The van der Waals surface area contributed by atoms with E-state index in [2.05, 4.69) is 0 Å². The zero-order chi connectivity index (χ0) is 18.7. The van der Waals surface area contributed by atoms with Gasteiger partial charge in [-0.3, -0.25) is 4.79 Å². The number of hydrogen-bond donors (Lipinski definition) is 0. The van der Waals surface area contributed by atoms with Gasteiger partial charge < -0.3 is 24.2 Å². The number of fused-ring (bicyclic) bond motifs is 4. The number of piperidine rings is 1. The smallest absolute Gasteiger partial charge is 0.319 e. The molecule has 0 unspecified atom stereocenters. The Labute approximate surface area is 154 Å². The Morgan fingerprint density at radius 3 is 2.54 bits per heavy atom. The van der Waals surface area contributed by atoms with Gasteiger partial charge in [-0.05, 0) is 30.9 Å². The maximum absolute atomic E-state index is 12.8. The van der Waals surface area contributed by atoms with E-state index in [9.17, 15) is 9.59 Å². The molecule has 0 aliphatic carbocycles. The molecule has 1 aromatic carbocycles. The van der Waals surface area contributed by atoms with Crippen LogP contribution in [0.3, 0.4) is 0 Å². The van der Waals surface area contributed by atoms with Crippen LogP contribution in [0.1, 0.15) is 12.8 Å². The molecule has 0 spiro atoms. The minimum absolute atomic E-state index is 0.0153. The number of hydrogen-bond acceptors (Lipinski definition) is 4. The summed E-state index contributed by atoms with van der Waals surface area (Å²) < 4.78 is 11.0. The lowest BCUT2D eigenvalue weighted by molar-refractivity contribution is -0.137. The molecule has 3 heterocycles. The molecule has 3 aliphatic rings. The van der Waals surface area contributed by atoms with E-state index in [0.29, 0.717) is 37.1 Å². The second-order valence-corrected chi connectivity index (χ2v) is 7.16. The van der Waals surface area contributed by atoms with Crippen molar-refractivity contribution in [2.24, 2.45) is 5.92 Å². The second kappa shape index (κ2) is 7.85. The number of para-hydroxylation sites is 2. The molecule has 3 fully saturated rings. The van der Waals surface area contributed by atoms with Gasteiger partial charge in [0.1, 0.15) is 0 Å². The molecule has 3 saturated heterocycles. The molecule has 3 amide bonds. The third-order valence-corrected chi connectivity index (χ3v) is 5.11. The highest BCUT2D eigenvalue weighted by Crippen LogP contribution is 2.29. The first-order chi connectivity index (χ1) is 12.5. The average Bonchev–Trinajstić information content (AvgIpc) is 2.97. The standard InChI is InChI=1S/C19H27N3O4/c1-20(2)19(24)21-10-14-8-9-15(12-21)22(11-14)18(23)13-26-17-7-5-4-6-16(17)25-3/h4-7,14-15H,8-13H2,1-3H3/t14-,15+/m1/s1. The summed E-state index contributed by atoms with van der Waals surface area (Å²) in [5.41, 5.74) is 0. The van der Waals surface area contributed by atoms with Crippen molar-refractivity contribution in [1.82, 2.24) is 14.7 Å². The molecule has 0 saturated carbocycles. The van der Waals surface area contributed by atoms with Crippen molar-refractivity contribution in [2.75, 3.05) is 47.4 Å². The van der Waals surface area contributed by atoms with Gasteiger partial charge in [-0.15, -0.1) is 0 Å². The first-order valence-electron chi connectivity index (χ1n) is 9.01. The topological polar surface area (TPSA) is 62.3 Å². The van der Waals surface area contributed by atoms with Crippen LogP contribution in [0.25, 0.3) is 0 Å². The summed E-state index contributed by atoms with van der Waals surface area (Å²) in [7, 11) is 5.10. The average molecular weight is 361 g/mol. The fourth-order valence-corrected chi connectivity index (χ4v) is 3.79. The summed E-state index contributed by atoms with van der Waals surface area (Å²) in [5, 5.41) is 0. The summed E-state index contributed by atoms with van der Waals surface area (Å²) in [6.07, 6.45) is 1.99. The Bertz CT molecular complexity index is 664. The lowest BCUT2D eigenvalue weighted by atomic mass is 9.95. The molecule has 0 N–H and O–H groups in total. The van der Waals surface area contributed by atoms with Gasteiger partial charge in [-0.2, -0.15) is 0 Å². The highest BCUT2D eigenvalue weighted by atomic mass is 16.5. The monoisotopic (exact) mass is 361 g/mol. The van der Waals surface area contributed by atoms with Crippen molar-refractivity contribution in [2.45, 2.75) is 18.9 Å². The third kappa shape index (κ3) is 3.86. The Morgan fingerprint density at radius 2 is 1.85 bits per heavy atom. The van der Waals surface area contributed by atoms with Crippen LogP contribution < -0.4 is 9.47 Å². The molecule has 0 aromatic heterocycles. The van der Waals surface area contributed by atoms with Crippen molar-refractivity contribution >= 4 is 11.9 Å². The first-order valence-corrected chi connectivity index (χ1v) is 9.01. The Kier molecular flexibility index (Phi) is 5.54. The number of urea groups is 1. The predicted molar refractivity (Wildman–Crippen MR) is 97.4 cm³/mol. The Balaban J connectivity index is 1.64. The van der Waals surface area contributed by atoms with E-state index in [0.717, 1.165) is 12.8 Å². The van der Waals surface area contributed by atoms with Crippen LogP contribution in [0, 0.1) is 5.92 Å². The summed E-state index contributed by atoms with van der Waals surface area (Å²) in [4.78, 5) is 30.5. The maximum atomic E-state index is 12.8. The molecule has 26 heavy (non-hydrogen) atoms. The number of amides is 3. The molecular formula is C19H27N3O4. The summed E-state index contributed by atoms with van der Waals surface area (Å²) in [6.45, 7) is 1.97. The predicted octanol–water partition coefficient (Wildman–Crippen LogP) is 1.68. The number of nitrogens with zero attached hydrogens (tertiary/aromatic N) is 3. The lowest BCUT2D eigenvalue weighted by Gasteiger charge is -2.36. The highest BCUT2D eigenvalue weighted by molar-refractivity contribution is 5.79. The van der Waals surface area contributed by atoms with Gasteiger partial charge in [-0.25, -0.2) is 4.79 Å². The Hall–Kier alpha value is -2.44. The van der Waals surface area contributed by atoms with E-state index in [1.54, 1.807) is 38.2 Å². The molecule has 1 aromatic rings. The number of benzene rings is 1. The van der Waals surface area contributed by atoms with Crippen molar-refractivity contribution in [3.8, 4) is 11.5 Å². The van der Waals surface area contributed by atoms with Crippen LogP contribution in [-0.4, -0.2) is 80.1 Å². The molecule has 2 atom stereocenters. The number of carbonyl (C=O) groups excluding carboxylic acids is 2. The minimum Gasteiger partial charge on any atom is -0.493 e. The lowest BCUT2D eigenvalue weighted by Crippen LogP contribution is -2.49. The van der Waals surface area contributed by atoms with Gasteiger partial charge in [0.05, 0.1) is 7.11 Å². The van der Waals surface area contributed by atoms with E-state index in [1.165, 1.54) is 0 Å². The van der Waals surface area contributed by atoms with E-state index in [-0.39, 0.29) is 24.6 Å². The quantitative estimate of drug-likeness (QED) is 0.819. The van der Waals surface area contributed by atoms with Crippen molar-refractivity contribution < 1.29 is 19.1 Å². The van der Waals surface area contributed by atoms with Gasteiger partial charge in [-0.1, -0.05) is 12.1 Å². The normalized spacial score (nSPS) is 22.0. The van der Waals surface area contributed by atoms with Crippen LogP contribution in [0.5, 0.6) is 11.5 Å².